The molecule has 4 heteroatoms. The predicted molar refractivity (Wildman–Crippen MR) is 78.6 cm³/mol. The molecule has 0 atom stereocenters. The van der Waals surface area contributed by atoms with Crippen LogP contribution in [0, 0.1) is 0 Å². The molecule has 0 aromatic heterocycles. The summed E-state index contributed by atoms with van der Waals surface area (Å²) in [7, 11) is 0. The number of ether oxygens (including phenoxy) is 1. The van der Waals surface area contributed by atoms with Gasteiger partial charge in [0.05, 0.1) is 6.61 Å². The minimum atomic E-state index is 0.260. The number of aromatic hydroxyl groups is 1. The normalized spacial score (nSPS) is 10.6. The van der Waals surface area contributed by atoms with Gasteiger partial charge in [-0.2, -0.15) is 11.8 Å². The van der Waals surface area contributed by atoms with Crippen LogP contribution in [0.15, 0.2) is 18.2 Å². The minimum absolute atomic E-state index is 0.260. The largest absolute Gasteiger partial charge is 0.504 e. The van der Waals surface area contributed by atoms with Gasteiger partial charge in [0.1, 0.15) is 0 Å². The summed E-state index contributed by atoms with van der Waals surface area (Å²) < 4.78 is 5.36. The van der Waals surface area contributed by atoms with Gasteiger partial charge >= 0.3 is 0 Å². The van der Waals surface area contributed by atoms with Gasteiger partial charge in [-0.3, -0.25) is 0 Å². The lowest BCUT2D eigenvalue weighted by atomic mass is 10.2. The number of nitrogens with one attached hydrogen (secondary N) is 1. The third-order valence-corrected chi connectivity index (χ3v) is 3.35. The second-order valence-electron chi connectivity index (χ2n) is 4.07. The van der Waals surface area contributed by atoms with Crippen LogP contribution < -0.4 is 10.1 Å². The van der Waals surface area contributed by atoms with Gasteiger partial charge in [0, 0.05) is 12.1 Å². The number of thioether (sulfide) groups is 1. The second kappa shape index (κ2) is 9.11. The number of para-hydroxylation sites is 1. The maximum Gasteiger partial charge on any atom is 0.162 e. The molecule has 0 fully saturated rings. The van der Waals surface area contributed by atoms with Crippen LogP contribution in [0.2, 0.25) is 0 Å². The van der Waals surface area contributed by atoms with Crippen molar-refractivity contribution in [1.29, 1.82) is 0 Å². The summed E-state index contributed by atoms with van der Waals surface area (Å²) in [4.78, 5) is 0. The first-order valence-electron chi connectivity index (χ1n) is 6.43. The number of benzene rings is 1. The van der Waals surface area contributed by atoms with Crippen molar-refractivity contribution in [3.05, 3.63) is 23.8 Å². The van der Waals surface area contributed by atoms with Gasteiger partial charge in [-0.15, -0.1) is 0 Å². The summed E-state index contributed by atoms with van der Waals surface area (Å²) in [5.74, 6) is 2.04. The van der Waals surface area contributed by atoms with Crippen molar-refractivity contribution in [2.24, 2.45) is 0 Å². The molecule has 0 spiro atoms. The number of hydrogen-bond acceptors (Lipinski definition) is 4. The Morgan fingerprint density at radius 1 is 1.33 bits per heavy atom. The lowest BCUT2D eigenvalue weighted by molar-refractivity contribution is 0.316. The molecule has 0 aliphatic carbocycles. The van der Waals surface area contributed by atoms with E-state index in [1.165, 1.54) is 18.6 Å². The Morgan fingerprint density at radius 3 is 2.89 bits per heavy atom. The van der Waals surface area contributed by atoms with E-state index in [1.807, 2.05) is 30.8 Å². The molecule has 0 aliphatic rings. The first kappa shape index (κ1) is 15.2. The average Bonchev–Trinajstić information content (AvgIpc) is 2.38. The fourth-order valence-corrected chi connectivity index (χ4v) is 2.19. The smallest absolute Gasteiger partial charge is 0.162 e. The summed E-state index contributed by atoms with van der Waals surface area (Å²) in [6, 6.07) is 5.63. The van der Waals surface area contributed by atoms with E-state index >= 15 is 0 Å². The summed E-state index contributed by atoms with van der Waals surface area (Å²) in [5, 5.41) is 13.3. The van der Waals surface area contributed by atoms with Crippen molar-refractivity contribution in [2.45, 2.75) is 26.3 Å². The van der Waals surface area contributed by atoms with E-state index in [2.05, 4.69) is 11.6 Å². The summed E-state index contributed by atoms with van der Waals surface area (Å²) >= 11 is 1.88. The van der Waals surface area contributed by atoms with Gasteiger partial charge in [-0.05, 0) is 44.4 Å². The lowest BCUT2D eigenvalue weighted by Crippen LogP contribution is -2.15. The van der Waals surface area contributed by atoms with Crippen molar-refractivity contribution >= 4 is 11.8 Å². The Bertz CT molecular complexity index is 345. The highest BCUT2D eigenvalue weighted by Crippen LogP contribution is 2.29. The number of hydrogen-bond donors (Lipinski definition) is 2. The molecule has 0 saturated heterocycles. The highest BCUT2D eigenvalue weighted by Gasteiger charge is 2.06. The molecule has 0 bridgehead atoms. The maximum atomic E-state index is 9.99. The Hall–Kier alpha value is -0.870. The molecule has 2 N–H and O–H groups in total. The van der Waals surface area contributed by atoms with Crippen molar-refractivity contribution in [3.63, 3.8) is 0 Å². The molecule has 1 aromatic rings. The fourth-order valence-electron chi connectivity index (χ4n) is 1.70. The molecule has 102 valence electrons. The topological polar surface area (TPSA) is 41.5 Å². The Labute approximate surface area is 114 Å². The fraction of sp³-hybridized carbons (Fsp3) is 0.571. The van der Waals surface area contributed by atoms with E-state index in [4.69, 9.17) is 4.74 Å². The van der Waals surface area contributed by atoms with Crippen LogP contribution in [0.5, 0.6) is 11.5 Å². The van der Waals surface area contributed by atoms with E-state index in [1.54, 1.807) is 6.07 Å². The first-order chi connectivity index (χ1) is 8.79. The van der Waals surface area contributed by atoms with Gasteiger partial charge in [0.2, 0.25) is 0 Å². The zero-order chi connectivity index (χ0) is 13.2. The molecule has 1 rings (SSSR count). The van der Waals surface area contributed by atoms with E-state index in [-0.39, 0.29) is 5.75 Å². The van der Waals surface area contributed by atoms with Crippen LogP contribution in [0.25, 0.3) is 0 Å². The van der Waals surface area contributed by atoms with Crippen molar-refractivity contribution in [3.8, 4) is 11.5 Å². The Kier molecular flexibility index (Phi) is 7.69. The third-order valence-electron chi connectivity index (χ3n) is 2.65. The lowest BCUT2D eigenvalue weighted by Gasteiger charge is -2.10. The number of phenols is 1. The summed E-state index contributed by atoms with van der Waals surface area (Å²) in [6.45, 7) is 4.15. The monoisotopic (exact) mass is 269 g/mol. The summed E-state index contributed by atoms with van der Waals surface area (Å²) in [5.41, 5.74) is 0.894. The highest BCUT2D eigenvalue weighted by atomic mass is 32.2. The van der Waals surface area contributed by atoms with E-state index < -0.39 is 0 Å². The molecule has 0 amide bonds. The molecular formula is C14H23NO2S. The SMILES string of the molecule is CCOc1cccc(CNCCCCSC)c1O. The predicted octanol–water partition coefficient (Wildman–Crippen LogP) is 3.02. The molecule has 0 heterocycles. The molecule has 0 aliphatic heterocycles. The Balaban J connectivity index is 2.35. The van der Waals surface area contributed by atoms with E-state index in [0.717, 1.165) is 12.1 Å². The Morgan fingerprint density at radius 2 is 2.17 bits per heavy atom. The molecule has 0 saturated carbocycles. The zero-order valence-electron chi connectivity index (χ0n) is 11.2. The van der Waals surface area contributed by atoms with Crippen molar-refractivity contribution in [2.75, 3.05) is 25.2 Å². The third kappa shape index (κ3) is 5.19. The van der Waals surface area contributed by atoms with Crippen LogP contribution in [-0.4, -0.2) is 30.3 Å². The van der Waals surface area contributed by atoms with E-state index in [0.29, 0.717) is 18.9 Å². The van der Waals surface area contributed by atoms with Gasteiger partial charge in [0.15, 0.2) is 11.5 Å². The van der Waals surface area contributed by atoms with Crippen LogP contribution in [0.4, 0.5) is 0 Å². The van der Waals surface area contributed by atoms with Gasteiger partial charge < -0.3 is 15.2 Å². The zero-order valence-corrected chi connectivity index (χ0v) is 12.1. The number of phenolic OH excluding ortho intramolecular Hbond substituents is 1. The van der Waals surface area contributed by atoms with Crippen LogP contribution in [0.3, 0.4) is 0 Å². The molecule has 18 heavy (non-hydrogen) atoms. The van der Waals surface area contributed by atoms with Crippen LogP contribution in [-0.2, 0) is 6.54 Å². The van der Waals surface area contributed by atoms with Gasteiger partial charge in [-0.1, -0.05) is 12.1 Å². The van der Waals surface area contributed by atoms with Crippen LogP contribution in [0.1, 0.15) is 25.3 Å². The first-order valence-corrected chi connectivity index (χ1v) is 7.82. The average molecular weight is 269 g/mol. The molecule has 1 aromatic carbocycles. The number of rotatable bonds is 9. The van der Waals surface area contributed by atoms with Crippen molar-refractivity contribution < 1.29 is 9.84 Å². The molecule has 0 radical (unpaired) electrons. The maximum absolute atomic E-state index is 9.99. The van der Waals surface area contributed by atoms with Crippen LogP contribution >= 0.6 is 11.8 Å². The van der Waals surface area contributed by atoms with E-state index in [9.17, 15) is 5.11 Å². The van der Waals surface area contributed by atoms with Gasteiger partial charge in [0.25, 0.3) is 0 Å². The van der Waals surface area contributed by atoms with Crippen molar-refractivity contribution in [1.82, 2.24) is 5.32 Å². The minimum Gasteiger partial charge on any atom is -0.504 e. The molecular weight excluding hydrogens is 246 g/mol. The van der Waals surface area contributed by atoms with Gasteiger partial charge in [-0.25, -0.2) is 0 Å². The second-order valence-corrected chi connectivity index (χ2v) is 5.06. The number of unbranched alkanes of at least 4 members (excludes halogenated alkanes) is 1. The molecule has 0 unspecified atom stereocenters. The standard InChI is InChI=1S/C14H23NO2S/c1-3-17-13-8-6-7-12(14(13)16)11-15-9-4-5-10-18-2/h6-8,15-16H,3-5,9-11H2,1-2H3. The quantitative estimate of drug-likeness (QED) is 0.676. The summed E-state index contributed by atoms with van der Waals surface area (Å²) in [6.07, 6.45) is 4.54. The highest BCUT2D eigenvalue weighted by molar-refractivity contribution is 7.98. The molecule has 3 nitrogen and oxygen atoms in total.